The van der Waals surface area contributed by atoms with Crippen molar-refractivity contribution in [2.75, 3.05) is 0 Å². The molecule has 4 heteroatoms. The minimum atomic E-state index is -0.306. The van der Waals surface area contributed by atoms with Crippen LogP contribution in [0.1, 0.15) is 47.3 Å². The van der Waals surface area contributed by atoms with Gasteiger partial charge in [0.15, 0.2) is 0 Å². The van der Waals surface area contributed by atoms with E-state index in [0.717, 1.165) is 11.3 Å². The number of rotatable bonds is 3. The monoisotopic (exact) mass is 267 g/mol. The number of hydrogen-bond donors (Lipinski definition) is 2. The number of carbonyl (C=O) groups excluding carboxylic acids is 1. The Labute approximate surface area is 112 Å². The van der Waals surface area contributed by atoms with Crippen LogP contribution in [0.15, 0.2) is 6.07 Å². The second kappa shape index (κ2) is 4.67. The molecule has 2 N–H and O–H groups in total. The minimum absolute atomic E-state index is 0.00669. The molecule has 1 aromatic heterocycles. The molecular weight excluding hydrogens is 246 g/mol. The number of amides is 1. The van der Waals surface area contributed by atoms with Gasteiger partial charge in [0, 0.05) is 16.3 Å². The summed E-state index contributed by atoms with van der Waals surface area (Å²) >= 11 is 1.57. The van der Waals surface area contributed by atoms with Crippen molar-refractivity contribution >= 4 is 17.2 Å². The van der Waals surface area contributed by atoms with Gasteiger partial charge in [-0.15, -0.1) is 11.3 Å². The molecule has 1 heterocycles. The van der Waals surface area contributed by atoms with Crippen LogP contribution in [0.5, 0.6) is 0 Å². The van der Waals surface area contributed by atoms with Crippen molar-refractivity contribution in [2.24, 2.45) is 5.41 Å². The second-order valence-electron chi connectivity index (χ2n) is 5.67. The molecule has 0 radical (unpaired) electrons. The molecule has 1 aliphatic carbocycles. The van der Waals surface area contributed by atoms with Gasteiger partial charge in [0.05, 0.1) is 11.0 Å². The van der Waals surface area contributed by atoms with E-state index >= 15 is 0 Å². The van der Waals surface area contributed by atoms with E-state index in [2.05, 4.69) is 12.2 Å². The van der Waals surface area contributed by atoms with Crippen LogP contribution in [-0.4, -0.2) is 23.2 Å². The Hall–Kier alpha value is -0.870. The third-order valence-corrected chi connectivity index (χ3v) is 5.47. The molecule has 0 aromatic carbocycles. The maximum atomic E-state index is 12.1. The molecule has 2 rings (SSSR count). The Morgan fingerprint density at radius 3 is 2.72 bits per heavy atom. The Balaban J connectivity index is 2.04. The Morgan fingerprint density at radius 2 is 2.28 bits per heavy atom. The van der Waals surface area contributed by atoms with Gasteiger partial charge in [-0.25, -0.2) is 0 Å². The van der Waals surface area contributed by atoms with E-state index in [1.165, 1.54) is 10.4 Å². The summed E-state index contributed by atoms with van der Waals surface area (Å²) in [6, 6.07) is 2.04. The highest BCUT2D eigenvalue weighted by atomic mass is 32.1. The maximum absolute atomic E-state index is 12.1. The Bertz CT molecular complexity index is 464. The molecule has 0 bridgehead atoms. The van der Waals surface area contributed by atoms with E-state index in [0.29, 0.717) is 6.42 Å². The van der Waals surface area contributed by atoms with Gasteiger partial charge >= 0.3 is 0 Å². The first-order chi connectivity index (χ1) is 8.36. The van der Waals surface area contributed by atoms with Crippen LogP contribution in [0.4, 0.5) is 0 Å². The lowest BCUT2D eigenvalue weighted by Gasteiger charge is -2.49. The molecule has 100 valence electrons. The SMILES string of the molecule is CCc1sc(C(=O)NC2CC(O)C2(C)C)cc1C. The van der Waals surface area contributed by atoms with Crippen molar-refractivity contribution in [3.05, 3.63) is 21.4 Å². The molecule has 1 saturated carbocycles. The summed E-state index contributed by atoms with van der Waals surface area (Å²) in [5.41, 5.74) is 0.982. The lowest BCUT2D eigenvalue weighted by atomic mass is 9.64. The van der Waals surface area contributed by atoms with E-state index in [9.17, 15) is 9.90 Å². The summed E-state index contributed by atoms with van der Waals surface area (Å²) in [7, 11) is 0. The summed E-state index contributed by atoms with van der Waals surface area (Å²) < 4.78 is 0. The fourth-order valence-corrected chi connectivity index (χ4v) is 3.38. The zero-order valence-electron chi connectivity index (χ0n) is 11.4. The molecular formula is C14H21NO2S. The van der Waals surface area contributed by atoms with Gasteiger partial charge in [-0.05, 0) is 31.4 Å². The second-order valence-corrected chi connectivity index (χ2v) is 6.81. The lowest BCUT2D eigenvalue weighted by molar-refractivity contribution is -0.0689. The summed E-state index contributed by atoms with van der Waals surface area (Å²) in [4.78, 5) is 14.2. The number of nitrogens with one attached hydrogen (secondary N) is 1. The number of aryl methyl sites for hydroxylation is 2. The predicted octanol–water partition coefficient (Wildman–Crippen LogP) is 2.51. The Kier molecular flexibility index (Phi) is 3.52. The summed E-state index contributed by atoms with van der Waals surface area (Å²) in [5.74, 6) is -0.00669. The van der Waals surface area contributed by atoms with Gasteiger partial charge in [0.1, 0.15) is 0 Å². The topological polar surface area (TPSA) is 49.3 Å². The fraction of sp³-hybridized carbons (Fsp3) is 0.643. The van der Waals surface area contributed by atoms with Crippen molar-refractivity contribution in [1.29, 1.82) is 0 Å². The zero-order valence-corrected chi connectivity index (χ0v) is 12.2. The molecule has 0 aliphatic heterocycles. The van der Waals surface area contributed by atoms with Crippen LogP contribution < -0.4 is 5.32 Å². The maximum Gasteiger partial charge on any atom is 0.261 e. The average Bonchev–Trinajstić information content (AvgIpc) is 2.70. The van der Waals surface area contributed by atoms with E-state index in [1.54, 1.807) is 11.3 Å². The molecule has 1 amide bonds. The standard InChI is InChI=1S/C14H21NO2S/c1-5-9-8(2)6-10(18-9)13(17)15-11-7-12(16)14(11,3)4/h6,11-12,16H,5,7H2,1-4H3,(H,15,17). The number of carbonyl (C=O) groups is 1. The average molecular weight is 267 g/mol. The van der Waals surface area contributed by atoms with Crippen LogP contribution in [0, 0.1) is 12.3 Å². The lowest BCUT2D eigenvalue weighted by Crippen LogP contribution is -2.61. The summed E-state index contributed by atoms with van der Waals surface area (Å²) in [6.45, 7) is 8.13. The van der Waals surface area contributed by atoms with Gasteiger partial charge in [-0.2, -0.15) is 0 Å². The van der Waals surface area contributed by atoms with Crippen molar-refractivity contribution in [2.45, 2.75) is 52.7 Å². The Morgan fingerprint density at radius 1 is 1.61 bits per heavy atom. The smallest absolute Gasteiger partial charge is 0.261 e. The van der Waals surface area contributed by atoms with Crippen LogP contribution in [0.3, 0.4) is 0 Å². The van der Waals surface area contributed by atoms with Crippen molar-refractivity contribution in [1.82, 2.24) is 5.32 Å². The largest absolute Gasteiger partial charge is 0.392 e. The predicted molar refractivity (Wildman–Crippen MR) is 74.1 cm³/mol. The molecule has 1 fully saturated rings. The van der Waals surface area contributed by atoms with Crippen LogP contribution in [0.25, 0.3) is 0 Å². The van der Waals surface area contributed by atoms with E-state index in [1.807, 2.05) is 26.8 Å². The zero-order chi connectivity index (χ0) is 13.5. The van der Waals surface area contributed by atoms with Crippen molar-refractivity contribution in [3.63, 3.8) is 0 Å². The first-order valence-electron chi connectivity index (χ1n) is 6.44. The summed E-state index contributed by atoms with van der Waals surface area (Å²) in [6.07, 6.45) is 1.32. The number of aliphatic hydroxyl groups is 1. The van der Waals surface area contributed by atoms with Crippen LogP contribution in [0.2, 0.25) is 0 Å². The molecule has 1 aromatic rings. The highest BCUT2D eigenvalue weighted by Crippen LogP contribution is 2.40. The van der Waals surface area contributed by atoms with Crippen molar-refractivity contribution < 1.29 is 9.90 Å². The first-order valence-corrected chi connectivity index (χ1v) is 7.26. The summed E-state index contributed by atoms with van der Waals surface area (Å²) in [5, 5.41) is 12.7. The van der Waals surface area contributed by atoms with E-state index in [4.69, 9.17) is 0 Å². The molecule has 1 aliphatic rings. The minimum Gasteiger partial charge on any atom is -0.392 e. The normalized spacial score (nSPS) is 25.6. The van der Waals surface area contributed by atoms with Gasteiger partial charge in [-0.3, -0.25) is 4.79 Å². The number of thiophene rings is 1. The third-order valence-electron chi connectivity index (χ3n) is 4.09. The van der Waals surface area contributed by atoms with Crippen molar-refractivity contribution in [3.8, 4) is 0 Å². The van der Waals surface area contributed by atoms with Gasteiger partial charge in [0.25, 0.3) is 5.91 Å². The molecule has 2 unspecified atom stereocenters. The molecule has 18 heavy (non-hydrogen) atoms. The van der Waals surface area contributed by atoms with E-state index < -0.39 is 0 Å². The molecule has 0 saturated heterocycles. The number of aliphatic hydroxyl groups excluding tert-OH is 1. The molecule has 2 atom stereocenters. The highest BCUT2D eigenvalue weighted by Gasteiger charge is 2.48. The quantitative estimate of drug-likeness (QED) is 0.884. The van der Waals surface area contributed by atoms with E-state index in [-0.39, 0.29) is 23.5 Å². The van der Waals surface area contributed by atoms with Gasteiger partial charge in [-0.1, -0.05) is 20.8 Å². The first kappa shape index (κ1) is 13.6. The third kappa shape index (κ3) is 2.19. The van der Waals surface area contributed by atoms with Gasteiger partial charge in [0.2, 0.25) is 0 Å². The van der Waals surface area contributed by atoms with Crippen LogP contribution in [-0.2, 0) is 6.42 Å². The van der Waals surface area contributed by atoms with Gasteiger partial charge < -0.3 is 10.4 Å². The fourth-order valence-electron chi connectivity index (χ4n) is 2.36. The highest BCUT2D eigenvalue weighted by molar-refractivity contribution is 7.14. The molecule has 3 nitrogen and oxygen atoms in total. The molecule has 0 spiro atoms. The van der Waals surface area contributed by atoms with Crippen LogP contribution >= 0.6 is 11.3 Å². The number of hydrogen-bond acceptors (Lipinski definition) is 3.